The normalized spacial score (nSPS) is 10.2. The number of ether oxygens (including phenoxy) is 1. The Balaban J connectivity index is 2.70. The van der Waals surface area contributed by atoms with E-state index in [0.717, 1.165) is 17.8 Å². The van der Waals surface area contributed by atoms with E-state index in [0.29, 0.717) is 12.4 Å². The predicted octanol–water partition coefficient (Wildman–Crippen LogP) is 1.78. The number of aromatic hydroxyl groups is 1. The van der Waals surface area contributed by atoms with Crippen molar-refractivity contribution >= 4 is 5.69 Å². The number of nitrogens with zero attached hydrogens (tertiary/aromatic N) is 1. The highest BCUT2D eigenvalue weighted by molar-refractivity contribution is 5.52. The topological polar surface area (TPSA) is 32.7 Å². The summed E-state index contributed by atoms with van der Waals surface area (Å²) in [6, 6.07) is 5.67. The fourth-order valence-electron chi connectivity index (χ4n) is 1.19. The first-order chi connectivity index (χ1) is 6.65. The Morgan fingerprint density at radius 2 is 2.14 bits per heavy atom. The summed E-state index contributed by atoms with van der Waals surface area (Å²) in [7, 11) is 3.66. The Morgan fingerprint density at radius 1 is 1.43 bits per heavy atom. The third-order valence-corrected chi connectivity index (χ3v) is 2.26. The van der Waals surface area contributed by atoms with Gasteiger partial charge in [-0.3, -0.25) is 0 Å². The first kappa shape index (κ1) is 10.9. The van der Waals surface area contributed by atoms with Gasteiger partial charge < -0.3 is 14.7 Å². The quantitative estimate of drug-likeness (QED) is 0.795. The number of phenols is 1. The van der Waals surface area contributed by atoms with Crippen LogP contribution >= 0.6 is 0 Å². The van der Waals surface area contributed by atoms with Crippen molar-refractivity contribution in [2.24, 2.45) is 0 Å². The van der Waals surface area contributed by atoms with Crippen LogP contribution < -0.4 is 4.90 Å². The molecule has 1 N–H and O–H groups in total. The third kappa shape index (κ3) is 2.64. The Morgan fingerprint density at radius 3 is 2.71 bits per heavy atom. The molecule has 0 aliphatic carbocycles. The third-order valence-electron chi connectivity index (χ3n) is 2.26. The van der Waals surface area contributed by atoms with E-state index >= 15 is 0 Å². The van der Waals surface area contributed by atoms with Crippen LogP contribution in [0.4, 0.5) is 5.69 Å². The van der Waals surface area contributed by atoms with Gasteiger partial charge in [0.15, 0.2) is 0 Å². The second kappa shape index (κ2) is 4.86. The molecule has 78 valence electrons. The minimum atomic E-state index is 0.340. The number of anilines is 1. The van der Waals surface area contributed by atoms with Crippen LogP contribution in [0.2, 0.25) is 0 Å². The summed E-state index contributed by atoms with van der Waals surface area (Å²) in [5.74, 6) is 0.340. The molecule has 3 nitrogen and oxygen atoms in total. The lowest BCUT2D eigenvalue weighted by atomic mass is 10.2. The summed E-state index contributed by atoms with van der Waals surface area (Å²) in [5, 5.41) is 9.52. The average molecular weight is 195 g/mol. The first-order valence-electron chi connectivity index (χ1n) is 4.65. The zero-order valence-electron chi connectivity index (χ0n) is 8.95. The van der Waals surface area contributed by atoms with Crippen LogP contribution in [-0.4, -0.2) is 32.4 Å². The van der Waals surface area contributed by atoms with Crippen molar-refractivity contribution in [3.05, 3.63) is 23.8 Å². The fourth-order valence-corrected chi connectivity index (χ4v) is 1.19. The number of hydrogen-bond acceptors (Lipinski definition) is 3. The van der Waals surface area contributed by atoms with Gasteiger partial charge in [-0.1, -0.05) is 6.07 Å². The van der Waals surface area contributed by atoms with Gasteiger partial charge in [0, 0.05) is 32.5 Å². The summed E-state index contributed by atoms with van der Waals surface area (Å²) >= 11 is 0. The molecule has 0 aliphatic rings. The molecular formula is C11H17NO2. The summed E-state index contributed by atoms with van der Waals surface area (Å²) in [4.78, 5) is 2.04. The highest BCUT2D eigenvalue weighted by Gasteiger charge is 2.02. The molecule has 0 aromatic heterocycles. The number of phenolic OH excluding ortho intramolecular Hbond substituents is 1. The molecule has 0 spiro atoms. The van der Waals surface area contributed by atoms with E-state index in [-0.39, 0.29) is 0 Å². The molecule has 0 amide bonds. The fraction of sp³-hybridized carbons (Fsp3) is 0.455. The Labute approximate surface area is 84.9 Å². The van der Waals surface area contributed by atoms with Crippen LogP contribution in [0.15, 0.2) is 18.2 Å². The maximum atomic E-state index is 9.52. The Bertz CT molecular complexity index is 299. The van der Waals surface area contributed by atoms with Crippen LogP contribution in [0, 0.1) is 6.92 Å². The van der Waals surface area contributed by atoms with Crippen molar-refractivity contribution in [2.75, 3.05) is 32.2 Å². The van der Waals surface area contributed by atoms with Crippen molar-refractivity contribution in [2.45, 2.75) is 6.92 Å². The Kier molecular flexibility index (Phi) is 3.77. The predicted molar refractivity (Wildman–Crippen MR) is 58.0 cm³/mol. The molecule has 1 aromatic carbocycles. The van der Waals surface area contributed by atoms with E-state index in [1.807, 2.05) is 31.0 Å². The minimum absolute atomic E-state index is 0.340. The number of rotatable bonds is 4. The van der Waals surface area contributed by atoms with Crippen molar-refractivity contribution in [3.8, 4) is 5.75 Å². The summed E-state index contributed by atoms with van der Waals surface area (Å²) in [6.45, 7) is 3.39. The maximum Gasteiger partial charge on any atom is 0.120 e. The standard InChI is InChI=1S/C11H17NO2/c1-9-4-5-10(8-11(9)13)12(2)6-7-14-3/h4-5,8,13H,6-7H2,1-3H3. The number of benzene rings is 1. The monoisotopic (exact) mass is 195 g/mol. The van der Waals surface area contributed by atoms with Gasteiger partial charge in [-0.25, -0.2) is 0 Å². The van der Waals surface area contributed by atoms with Gasteiger partial charge in [0.25, 0.3) is 0 Å². The SMILES string of the molecule is COCCN(C)c1ccc(C)c(O)c1. The summed E-state index contributed by atoms with van der Waals surface area (Å²) < 4.78 is 4.98. The molecule has 0 fully saturated rings. The molecule has 0 radical (unpaired) electrons. The molecule has 3 heteroatoms. The van der Waals surface area contributed by atoms with Gasteiger partial charge in [-0.15, -0.1) is 0 Å². The molecule has 0 saturated heterocycles. The molecular weight excluding hydrogens is 178 g/mol. The lowest BCUT2D eigenvalue weighted by Gasteiger charge is -2.19. The minimum Gasteiger partial charge on any atom is -0.508 e. The highest BCUT2D eigenvalue weighted by Crippen LogP contribution is 2.22. The number of methoxy groups -OCH3 is 1. The van der Waals surface area contributed by atoms with Gasteiger partial charge in [-0.05, 0) is 18.6 Å². The molecule has 14 heavy (non-hydrogen) atoms. The van der Waals surface area contributed by atoms with E-state index in [2.05, 4.69) is 0 Å². The zero-order chi connectivity index (χ0) is 10.6. The number of aryl methyl sites for hydroxylation is 1. The van der Waals surface area contributed by atoms with Crippen molar-refractivity contribution < 1.29 is 9.84 Å². The highest BCUT2D eigenvalue weighted by atomic mass is 16.5. The molecule has 1 rings (SSSR count). The van der Waals surface area contributed by atoms with Crippen LogP contribution in [-0.2, 0) is 4.74 Å². The first-order valence-corrected chi connectivity index (χ1v) is 4.65. The van der Waals surface area contributed by atoms with Gasteiger partial charge in [0.1, 0.15) is 5.75 Å². The van der Waals surface area contributed by atoms with Crippen molar-refractivity contribution in [1.29, 1.82) is 0 Å². The van der Waals surface area contributed by atoms with E-state index < -0.39 is 0 Å². The molecule has 0 unspecified atom stereocenters. The van der Waals surface area contributed by atoms with Crippen LogP contribution in [0.25, 0.3) is 0 Å². The van der Waals surface area contributed by atoms with E-state index in [1.54, 1.807) is 13.2 Å². The summed E-state index contributed by atoms with van der Waals surface area (Å²) in [5.41, 5.74) is 1.90. The van der Waals surface area contributed by atoms with Gasteiger partial charge in [-0.2, -0.15) is 0 Å². The molecule has 0 atom stereocenters. The molecule has 0 aliphatic heterocycles. The van der Waals surface area contributed by atoms with Crippen molar-refractivity contribution in [1.82, 2.24) is 0 Å². The molecule has 0 saturated carbocycles. The van der Waals surface area contributed by atoms with Gasteiger partial charge in [0.05, 0.1) is 6.61 Å². The number of hydrogen-bond donors (Lipinski definition) is 1. The second-order valence-electron chi connectivity index (χ2n) is 3.39. The average Bonchev–Trinajstić information content (AvgIpc) is 2.18. The van der Waals surface area contributed by atoms with Crippen molar-refractivity contribution in [3.63, 3.8) is 0 Å². The summed E-state index contributed by atoms with van der Waals surface area (Å²) in [6.07, 6.45) is 0. The lowest BCUT2D eigenvalue weighted by molar-refractivity contribution is 0.206. The number of likely N-dealkylation sites (N-methyl/N-ethyl adjacent to an activating group) is 1. The van der Waals surface area contributed by atoms with Crippen LogP contribution in [0.5, 0.6) is 5.75 Å². The molecule has 0 bridgehead atoms. The van der Waals surface area contributed by atoms with E-state index in [1.165, 1.54) is 0 Å². The van der Waals surface area contributed by atoms with Crippen LogP contribution in [0.3, 0.4) is 0 Å². The smallest absolute Gasteiger partial charge is 0.120 e. The largest absolute Gasteiger partial charge is 0.508 e. The Hall–Kier alpha value is -1.22. The van der Waals surface area contributed by atoms with Gasteiger partial charge in [0.2, 0.25) is 0 Å². The second-order valence-corrected chi connectivity index (χ2v) is 3.39. The lowest BCUT2D eigenvalue weighted by Crippen LogP contribution is -2.21. The molecule has 0 heterocycles. The zero-order valence-corrected chi connectivity index (χ0v) is 8.95. The molecule has 1 aromatic rings. The van der Waals surface area contributed by atoms with E-state index in [4.69, 9.17) is 4.74 Å². The van der Waals surface area contributed by atoms with Gasteiger partial charge >= 0.3 is 0 Å². The maximum absolute atomic E-state index is 9.52. The van der Waals surface area contributed by atoms with Crippen LogP contribution in [0.1, 0.15) is 5.56 Å². The van der Waals surface area contributed by atoms with E-state index in [9.17, 15) is 5.11 Å².